The Bertz CT molecular complexity index is 383. The number of benzene rings is 1. The van der Waals surface area contributed by atoms with E-state index in [1.54, 1.807) is 11.1 Å². The maximum Gasteiger partial charge on any atom is 0.0376 e. The van der Waals surface area contributed by atoms with Crippen molar-refractivity contribution in [3.8, 4) is 0 Å². The molecule has 92 valence electrons. The lowest BCUT2D eigenvalue weighted by atomic mass is 9.93. The van der Waals surface area contributed by atoms with E-state index in [0.29, 0.717) is 0 Å². The lowest BCUT2D eigenvalue weighted by Crippen LogP contribution is -2.35. The summed E-state index contributed by atoms with van der Waals surface area (Å²) in [5.41, 5.74) is 4.49. The third kappa shape index (κ3) is 2.47. The average Bonchev–Trinajstić information content (AvgIpc) is 2.75. The van der Waals surface area contributed by atoms with Crippen molar-refractivity contribution in [2.24, 2.45) is 0 Å². The van der Waals surface area contributed by atoms with Crippen LogP contribution in [0.4, 0.5) is 5.69 Å². The van der Waals surface area contributed by atoms with E-state index in [0.717, 1.165) is 12.6 Å². The van der Waals surface area contributed by atoms with Gasteiger partial charge in [0.15, 0.2) is 0 Å². The van der Waals surface area contributed by atoms with Gasteiger partial charge in [0.25, 0.3) is 0 Å². The molecule has 0 saturated heterocycles. The average molecular weight is 230 g/mol. The van der Waals surface area contributed by atoms with Crippen LogP contribution in [-0.2, 0) is 12.8 Å². The minimum atomic E-state index is 0.832. The summed E-state index contributed by atoms with van der Waals surface area (Å²) < 4.78 is 0. The van der Waals surface area contributed by atoms with Gasteiger partial charge in [0.2, 0.25) is 0 Å². The molecule has 1 fully saturated rings. The van der Waals surface area contributed by atoms with E-state index in [1.807, 2.05) is 0 Å². The highest BCUT2D eigenvalue weighted by molar-refractivity contribution is 5.58. The third-order valence-electron chi connectivity index (χ3n) is 4.12. The fourth-order valence-corrected chi connectivity index (χ4v) is 2.85. The van der Waals surface area contributed by atoms with Crippen molar-refractivity contribution in [3.63, 3.8) is 0 Å². The molecular formula is C15H22N2. The van der Waals surface area contributed by atoms with Gasteiger partial charge in [-0.1, -0.05) is 18.6 Å². The smallest absolute Gasteiger partial charge is 0.0376 e. The van der Waals surface area contributed by atoms with Crippen LogP contribution < -0.4 is 10.6 Å². The van der Waals surface area contributed by atoms with Crippen molar-refractivity contribution in [3.05, 3.63) is 29.3 Å². The molecule has 1 saturated carbocycles. The second kappa shape index (κ2) is 5.09. The minimum Gasteiger partial charge on any atom is -0.384 e. The van der Waals surface area contributed by atoms with E-state index < -0.39 is 0 Å². The minimum absolute atomic E-state index is 0.832. The van der Waals surface area contributed by atoms with E-state index in [9.17, 15) is 0 Å². The molecule has 17 heavy (non-hydrogen) atoms. The summed E-state index contributed by atoms with van der Waals surface area (Å²) in [5.74, 6) is 0. The molecule has 2 nitrogen and oxygen atoms in total. The van der Waals surface area contributed by atoms with Crippen LogP contribution in [-0.4, -0.2) is 19.1 Å². The zero-order chi connectivity index (χ0) is 11.5. The molecule has 3 rings (SSSR count). The molecule has 2 N–H and O–H groups in total. The van der Waals surface area contributed by atoms with Gasteiger partial charge in [0.1, 0.15) is 0 Å². The zero-order valence-electron chi connectivity index (χ0n) is 10.5. The Labute approximate surface area is 104 Å². The standard InChI is InChI=1S/C15H22N2/c1-4-12(14-9-11-17-15(14)8-1)5-3-10-16-13-6-2-7-13/h1,4,8,13,16-17H,2-3,5-7,9-11H2. The van der Waals surface area contributed by atoms with E-state index in [-0.39, 0.29) is 0 Å². The number of nitrogens with one attached hydrogen (secondary N) is 2. The van der Waals surface area contributed by atoms with Crippen LogP contribution in [0.15, 0.2) is 18.2 Å². The number of hydrogen-bond acceptors (Lipinski definition) is 2. The van der Waals surface area contributed by atoms with Crippen LogP contribution in [0, 0.1) is 0 Å². The molecule has 0 spiro atoms. The van der Waals surface area contributed by atoms with Crippen LogP contribution >= 0.6 is 0 Å². The molecular weight excluding hydrogens is 208 g/mol. The van der Waals surface area contributed by atoms with Gasteiger partial charge in [-0.3, -0.25) is 0 Å². The summed E-state index contributed by atoms with van der Waals surface area (Å²) in [5, 5.41) is 7.09. The Morgan fingerprint density at radius 3 is 3.06 bits per heavy atom. The summed E-state index contributed by atoms with van der Waals surface area (Å²) in [4.78, 5) is 0. The number of rotatable bonds is 5. The molecule has 0 aromatic heterocycles. The Kier molecular flexibility index (Phi) is 3.32. The van der Waals surface area contributed by atoms with Crippen LogP contribution in [0.5, 0.6) is 0 Å². The third-order valence-corrected chi connectivity index (χ3v) is 4.12. The van der Waals surface area contributed by atoms with Crippen LogP contribution in [0.25, 0.3) is 0 Å². The summed E-state index contributed by atoms with van der Waals surface area (Å²) in [6.45, 7) is 2.30. The van der Waals surface area contributed by atoms with Crippen LogP contribution in [0.1, 0.15) is 36.8 Å². The van der Waals surface area contributed by atoms with Gasteiger partial charge in [-0.25, -0.2) is 0 Å². The van der Waals surface area contributed by atoms with Gasteiger partial charge in [-0.05, 0) is 55.8 Å². The second-order valence-corrected chi connectivity index (χ2v) is 5.31. The molecule has 1 aliphatic heterocycles. The van der Waals surface area contributed by atoms with Gasteiger partial charge < -0.3 is 10.6 Å². The van der Waals surface area contributed by atoms with Gasteiger partial charge >= 0.3 is 0 Å². The lowest BCUT2D eigenvalue weighted by Gasteiger charge is -2.26. The Hall–Kier alpha value is -1.02. The van der Waals surface area contributed by atoms with Crippen molar-refractivity contribution in [1.82, 2.24) is 5.32 Å². The highest BCUT2D eigenvalue weighted by Crippen LogP contribution is 2.26. The molecule has 2 heteroatoms. The first-order valence-electron chi connectivity index (χ1n) is 7.01. The Balaban J connectivity index is 1.49. The van der Waals surface area contributed by atoms with Crippen LogP contribution in [0.2, 0.25) is 0 Å². The first-order valence-corrected chi connectivity index (χ1v) is 7.01. The maximum absolute atomic E-state index is 3.64. The first-order chi connectivity index (χ1) is 8.43. The monoisotopic (exact) mass is 230 g/mol. The topological polar surface area (TPSA) is 24.1 Å². The highest BCUT2D eigenvalue weighted by Gasteiger charge is 2.16. The van der Waals surface area contributed by atoms with E-state index >= 15 is 0 Å². The second-order valence-electron chi connectivity index (χ2n) is 5.31. The Morgan fingerprint density at radius 1 is 1.29 bits per heavy atom. The SMILES string of the molecule is c1cc(CCCNC2CCC2)c2c(c1)NCC2. The predicted octanol–water partition coefficient (Wildman–Crippen LogP) is 2.73. The molecule has 2 aliphatic rings. The summed E-state index contributed by atoms with van der Waals surface area (Å²) in [6, 6.07) is 7.53. The number of hydrogen-bond donors (Lipinski definition) is 2. The predicted molar refractivity (Wildman–Crippen MR) is 72.6 cm³/mol. The van der Waals surface area contributed by atoms with Gasteiger partial charge in [-0.2, -0.15) is 0 Å². The summed E-state index contributed by atoms with van der Waals surface area (Å²) >= 11 is 0. The molecule has 0 bridgehead atoms. The van der Waals surface area contributed by atoms with E-state index in [1.165, 1.54) is 50.8 Å². The Morgan fingerprint density at radius 2 is 2.24 bits per heavy atom. The maximum atomic E-state index is 3.64. The fourth-order valence-electron chi connectivity index (χ4n) is 2.85. The largest absolute Gasteiger partial charge is 0.384 e. The van der Waals surface area contributed by atoms with Gasteiger partial charge in [0.05, 0.1) is 0 Å². The summed E-state index contributed by atoms with van der Waals surface area (Å²) in [7, 11) is 0. The molecule has 1 aromatic rings. The van der Waals surface area contributed by atoms with Crippen molar-refractivity contribution in [2.45, 2.75) is 44.6 Å². The number of aryl methyl sites for hydroxylation is 1. The zero-order valence-corrected chi connectivity index (χ0v) is 10.5. The molecule has 0 amide bonds. The van der Waals surface area contributed by atoms with Crippen molar-refractivity contribution in [2.75, 3.05) is 18.4 Å². The fraction of sp³-hybridized carbons (Fsp3) is 0.600. The van der Waals surface area contributed by atoms with E-state index in [4.69, 9.17) is 0 Å². The molecule has 0 radical (unpaired) electrons. The number of fused-ring (bicyclic) bond motifs is 1. The quantitative estimate of drug-likeness (QED) is 0.760. The van der Waals surface area contributed by atoms with Crippen molar-refractivity contribution in [1.29, 1.82) is 0 Å². The summed E-state index contributed by atoms with van der Waals surface area (Å²) in [6.07, 6.45) is 7.92. The molecule has 0 unspecified atom stereocenters. The lowest BCUT2D eigenvalue weighted by molar-refractivity contribution is 0.339. The molecule has 0 atom stereocenters. The first kappa shape index (κ1) is 11.1. The van der Waals surface area contributed by atoms with Crippen molar-refractivity contribution >= 4 is 5.69 Å². The molecule has 1 aliphatic carbocycles. The van der Waals surface area contributed by atoms with Crippen molar-refractivity contribution < 1.29 is 0 Å². The van der Waals surface area contributed by atoms with E-state index in [2.05, 4.69) is 28.8 Å². The van der Waals surface area contributed by atoms with Gasteiger partial charge in [-0.15, -0.1) is 0 Å². The van der Waals surface area contributed by atoms with Gasteiger partial charge in [0, 0.05) is 18.3 Å². The molecule has 1 aromatic carbocycles. The number of anilines is 1. The molecule has 1 heterocycles. The normalized spacial score (nSPS) is 18.6. The van der Waals surface area contributed by atoms with Crippen LogP contribution in [0.3, 0.4) is 0 Å². The highest BCUT2D eigenvalue weighted by atomic mass is 14.9.